The lowest BCUT2D eigenvalue weighted by Gasteiger charge is -2.13. The molecule has 0 fully saturated rings. The predicted octanol–water partition coefficient (Wildman–Crippen LogP) is 3.88. The summed E-state index contributed by atoms with van der Waals surface area (Å²) in [5.41, 5.74) is 1.71. The number of alkyl halides is 3. The van der Waals surface area contributed by atoms with Crippen molar-refractivity contribution in [3.8, 4) is 0 Å². The van der Waals surface area contributed by atoms with E-state index in [0.717, 1.165) is 23.5 Å². The molecular formula is C19H21F3IN5. The summed E-state index contributed by atoms with van der Waals surface area (Å²) >= 11 is 0. The molecule has 150 valence electrons. The van der Waals surface area contributed by atoms with Crippen LogP contribution in [0.15, 0.2) is 59.9 Å². The highest BCUT2D eigenvalue weighted by Gasteiger charge is 2.30. The minimum Gasteiger partial charge on any atom is -0.356 e. The summed E-state index contributed by atoms with van der Waals surface area (Å²) in [6.45, 7) is 0.851. The van der Waals surface area contributed by atoms with Crippen molar-refractivity contribution in [3.63, 3.8) is 0 Å². The Balaban J connectivity index is 0.00000280. The van der Waals surface area contributed by atoms with Crippen molar-refractivity contribution in [2.45, 2.75) is 19.1 Å². The first-order valence-corrected chi connectivity index (χ1v) is 8.49. The van der Waals surface area contributed by atoms with E-state index in [1.807, 2.05) is 35.0 Å². The minimum atomic E-state index is -4.34. The summed E-state index contributed by atoms with van der Waals surface area (Å²) in [4.78, 5) is 8.61. The maximum Gasteiger partial charge on any atom is 0.416 e. The van der Waals surface area contributed by atoms with E-state index in [1.165, 1.54) is 6.07 Å². The average Bonchev–Trinajstić information content (AvgIpc) is 3.07. The van der Waals surface area contributed by atoms with E-state index in [9.17, 15) is 13.2 Å². The zero-order valence-corrected chi connectivity index (χ0v) is 17.5. The van der Waals surface area contributed by atoms with Crippen LogP contribution in [-0.2, 0) is 19.1 Å². The zero-order valence-electron chi connectivity index (χ0n) is 15.2. The maximum atomic E-state index is 12.8. The van der Waals surface area contributed by atoms with Gasteiger partial charge in [-0.2, -0.15) is 13.2 Å². The van der Waals surface area contributed by atoms with Gasteiger partial charge in [0.1, 0.15) is 5.65 Å². The molecule has 1 aromatic carbocycles. The van der Waals surface area contributed by atoms with Gasteiger partial charge in [-0.05, 0) is 29.8 Å². The molecule has 0 bridgehead atoms. The second-order valence-corrected chi connectivity index (χ2v) is 6.00. The number of aromatic nitrogens is 2. The number of rotatable bonds is 5. The first-order chi connectivity index (χ1) is 13.0. The van der Waals surface area contributed by atoms with E-state index in [-0.39, 0.29) is 30.5 Å². The number of benzene rings is 1. The Kier molecular flexibility index (Phi) is 7.67. The molecule has 0 spiro atoms. The van der Waals surface area contributed by atoms with Crippen LogP contribution >= 0.6 is 24.0 Å². The summed E-state index contributed by atoms with van der Waals surface area (Å²) in [6, 6.07) is 11.1. The maximum absolute atomic E-state index is 12.8. The number of nitrogens with one attached hydrogen (secondary N) is 2. The smallest absolute Gasteiger partial charge is 0.356 e. The van der Waals surface area contributed by atoms with Gasteiger partial charge in [-0.15, -0.1) is 24.0 Å². The Morgan fingerprint density at radius 2 is 1.96 bits per heavy atom. The molecule has 0 aliphatic rings. The molecule has 0 unspecified atom stereocenters. The molecule has 9 heteroatoms. The second kappa shape index (κ2) is 9.76. The van der Waals surface area contributed by atoms with Crippen LogP contribution in [0.3, 0.4) is 0 Å². The molecule has 0 aliphatic carbocycles. The fourth-order valence-corrected chi connectivity index (χ4v) is 2.68. The van der Waals surface area contributed by atoms with E-state index in [0.29, 0.717) is 24.5 Å². The number of hydrogen-bond donors (Lipinski definition) is 2. The van der Waals surface area contributed by atoms with E-state index in [2.05, 4.69) is 20.6 Å². The molecule has 2 heterocycles. The van der Waals surface area contributed by atoms with E-state index in [1.54, 1.807) is 13.1 Å². The lowest BCUT2D eigenvalue weighted by molar-refractivity contribution is -0.137. The van der Waals surface area contributed by atoms with Crippen LogP contribution in [0.4, 0.5) is 13.2 Å². The lowest BCUT2D eigenvalue weighted by Crippen LogP contribution is -2.37. The Hall–Kier alpha value is -2.30. The number of hydrogen-bond acceptors (Lipinski definition) is 2. The molecule has 2 aromatic heterocycles. The molecule has 0 atom stereocenters. The standard InChI is InChI=1S/C19H20F3N5.HI/c1-23-18(25-12-14-5-4-6-15(11-14)19(20,21)22)24-9-8-16-13-27-10-3-2-7-17(27)26-16;/h2-7,10-11,13H,8-9,12H2,1H3,(H2,23,24,25);1H. The lowest BCUT2D eigenvalue weighted by atomic mass is 10.1. The van der Waals surface area contributed by atoms with Crippen molar-refractivity contribution in [1.29, 1.82) is 0 Å². The Bertz CT molecular complexity index is 903. The van der Waals surface area contributed by atoms with Gasteiger partial charge in [0.05, 0.1) is 11.3 Å². The molecule has 3 aromatic rings. The average molecular weight is 503 g/mol. The third-order valence-electron chi connectivity index (χ3n) is 4.03. The monoisotopic (exact) mass is 503 g/mol. The van der Waals surface area contributed by atoms with Crippen LogP contribution in [0, 0.1) is 0 Å². The molecule has 0 saturated heterocycles. The first-order valence-electron chi connectivity index (χ1n) is 8.49. The quantitative estimate of drug-likeness (QED) is 0.316. The molecular weight excluding hydrogens is 482 g/mol. The van der Waals surface area contributed by atoms with Crippen LogP contribution in [-0.4, -0.2) is 28.9 Å². The summed E-state index contributed by atoms with van der Waals surface area (Å²) in [6.07, 6.45) is 0.265. The highest BCUT2D eigenvalue weighted by molar-refractivity contribution is 14.0. The van der Waals surface area contributed by atoms with Gasteiger partial charge in [0.2, 0.25) is 0 Å². The molecule has 0 amide bonds. The number of pyridine rings is 1. The molecule has 0 aliphatic heterocycles. The van der Waals surface area contributed by atoms with Crippen LogP contribution < -0.4 is 10.6 Å². The molecule has 5 nitrogen and oxygen atoms in total. The van der Waals surface area contributed by atoms with Crippen molar-refractivity contribution in [1.82, 2.24) is 20.0 Å². The second-order valence-electron chi connectivity index (χ2n) is 6.00. The third kappa shape index (κ3) is 5.85. The van der Waals surface area contributed by atoms with Gasteiger partial charge in [0.25, 0.3) is 0 Å². The van der Waals surface area contributed by atoms with Gasteiger partial charge in [0.15, 0.2) is 5.96 Å². The van der Waals surface area contributed by atoms with Crippen LogP contribution in [0.25, 0.3) is 5.65 Å². The van der Waals surface area contributed by atoms with Gasteiger partial charge >= 0.3 is 6.18 Å². The number of guanidine groups is 1. The highest BCUT2D eigenvalue weighted by atomic mass is 127. The Labute approximate surface area is 178 Å². The van der Waals surface area contributed by atoms with Crippen molar-refractivity contribution in [3.05, 3.63) is 71.7 Å². The van der Waals surface area contributed by atoms with E-state index < -0.39 is 11.7 Å². The summed E-state index contributed by atoms with van der Waals surface area (Å²) in [5.74, 6) is 0.524. The molecule has 0 saturated carbocycles. The van der Waals surface area contributed by atoms with Gasteiger partial charge in [-0.25, -0.2) is 4.98 Å². The topological polar surface area (TPSA) is 53.7 Å². The fourth-order valence-electron chi connectivity index (χ4n) is 2.68. The predicted molar refractivity (Wildman–Crippen MR) is 114 cm³/mol. The van der Waals surface area contributed by atoms with Crippen molar-refractivity contribution in [2.75, 3.05) is 13.6 Å². The van der Waals surface area contributed by atoms with Crippen LogP contribution in [0.2, 0.25) is 0 Å². The van der Waals surface area contributed by atoms with E-state index >= 15 is 0 Å². The Morgan fingerprint density at radius 3 is 2.68 bits per heavy atom. The number of aliphatic imine (C=N–C) groups is 1. The normalized spacial score (nSPS) is 11.9. The van der Waals surface area contributed by atoms with Crippen molar-refractivity contribution in [2.24, 2.45) is 4.99 Å². The fraction of sp³-hybridized carbons (Fsp3) is 0.263. The van der Waals surface area contributed by atoms with Gasteiger partial charge in [-0.3, -0.25) is 4.99 Å². The summed E-state index contributed by atoms with van der Waals surface area (Å²) in [7, 11) is 1.62. The highest BCUT2D eigenvalue weighted by Crippen LogP contribution is 2.29. The van der Waals surface area contributed by atoms with E-state index in [4.69, 9.17) is 0 Å². The minimum absolute atomic E-state index is 0. The molecule has 28 heavy (non-hydrogen) atoms. The van der Waals surface area contributed by atoms with Gasteiger partial charge in [0, 0.05) is 39.0 Å². The number of nitrogens with zero attached hydrogens (tertiary/aromatic N) is 3. The largest absolute Gasteiger partial charge is 0.416 e. The number of imidazole rings is 1. The first kappa shape index (κ1) is 22.0. The van der Waals surface area contributed by atoms with Gasteiger partial charge < -0.3 is 15.0 Å². The Morgan fingerprint density at radius 1 is 1.14 bits per heavy atom. The number of halogens is 4. The van der Waals surface area contributed by atoms with Crippen LogP contribution in [0.1, 0.15) is 16.8 Å². The molecule has 2 N–H and O–H groups in total. The third-order valence-corrected chi connectivity index (χ3v) is 4.03. The number of fused-ring (bicyclic) bond motifs is 1. The SMILES string of the molecule is CN=C(NCCc1cn2ccccc2n1)NCc1cccc(C(F)(F)F)c1.I. The van der Waals surface area contributed by atoms with Crippen molar-refractivity contribution < 1.29 is 13.2 Å². The molecule has 3 rings (SSSR count). The van der Waals surface area contributed by atoms with Crippen molar-refractivity contribution >= 4 is 35.6 Å². The summed E-state index contributed by atoms with van der Waals surface area (Å²) in [5, 5.41) is 6.17. The zero-order chi connectivity index (χ0) is 19.3. The van der Waals surface area contributed by atoms with Crippen LogP contribution in [0.5, 0.6) is 0 Å². The van der Waals surface area contributed by atoms with Gasteiger partial charge in [-0.1, -0.05) is 18.2 Å². The molecule has 0 radical (unpaired) electrons. The summed E-state index contributed by atoms with van der Waals surface area (Å²) < 4.78 is 40.3.